The molecule has 2 rings (SSSR count). The molecule has 1 fully saturated rings. The molecule has 1 saturated heterocycles. The van der Waals surface area contributed by atoms with Crippen LogP contribution in [0.5, 0.6) is 5.88 Å². The molecule has 24 heavy (non-hydrogen) atoms. The zero-order valence-electron chi connectivity index (χ0n) is 13.9. The molecule has 1 aromatic heterocycles. The lowest BCUT2D eigenvalue weighted by Crippen LogP contribution is -2.38. The first-order valence-electron chi connectivity index (χ1n) is 7.81. The number of amides is 2. The van der Waals surface area contributed by atoms with Gasteiger partial charge >= 0.3 is 5.97 Å². The monoisotopic (exact) mass is 338 g/mol. The minimum absolute atomic E-state index is 0.0763. The van der Waals surface area contributed by atoms with Crippen molar-refractivity contribution in [3.05, 3.63) is 11.8 Å². The Morgan fingerprint density at radius 1 is 1.25 bits per heavy atom. The summed E-state index contributed by atoms with van der Waals surface area (Å²) in [6.07, 6.45) is 3.18. The second kappa shape index (κ2) is 8.32. The molecule has 1 aliphatic heterocycles. The summed E-state index contributed by atoms with van der Waals surface area (Å²) in [5, 5.41) is 6.39. The van der Waals surface area contributed by atoms with Crippen molar-refractivity contribution in [3.8, 4) is 5.88 Å². The number of carbonyl (C=O) groups excluding carboxylic acids is 3. The molecule has 9 heteroatoms. The van der Waals surface area contributed by atoms with Crippen LogP contribution in [0.25, 0.3) is 0 Å². The topological polar surface area (TPSA) is 103 Å². The highest BCUT2D eigenvalue weighted by molar-refractivity contribution is 5.94. The van der Waals surface area contributed by atoms with E-state index in [1.165, 1.54) is 17.9 Å². The number of methoxy groups -OCH3 is 1. The molecule has 1 aromatic rings. The van der Waals surface area contributed by atoms with E-state index >= 15 is 0 Å². The van der Waals surface area contributed by atoms with E-state index in [9.17, 15) is 14.4 Å². The third-order valence-electron chi connectivity index (χ3n) is 3.74. The Bertz CT molecular complexity index is 607. The number of hydrogen-bond acceptors (Lipinski definition) is 6. The van der Waals surface area contributed by atoms with Crippen LogP contribution < -0.4 is 10.1 Å². The van der Waals surface area contributed by atoms with Crippen LogP contribution in [0.15, 0.2) is 6.07 Å². The molecule has 9 nitrogen and oxygen atoms in total. The second-order valence-electron chi connectivity index (χ2n) is 5.48. The SMILES string of the molecule is COC(=O)CNC(=O)c1cc(OCC(=O)N2CCCCC2)n(C)n1. The van der Waals surface area contributed by atoms with Gasteiger partial charge in [-0.05, 0) is 19.3 Å². The standard InChI is InChI=1S/C15H22N4O5/c1-18-13(24-10-12(20)19-6-4-3-5-7-19)8-11(17-18)15(22)16-9-14(21)23-2/h8H,3-7,9-10H2,1-2H3,(H,16,22). The molecule has 0 aliphatic carbocycles. The zero-order chi connectivity index (χ0) is 17.5. The van der Waals surface area contributed by atoms with Crippen LogP contribution in [-0.4, -0.2) is 65.8 Å². The van der Waals surface area contributed by atoms with E-state index in [4.69, 9.17) is 4.74 Å². The van der Waals surface area contributed by atoms with E-state index in [0.29, 0.717) is 5.88 Å². The van der Waals surface area contributed by atoms with Gasteiger partial charge in [0.2, 0.25) is 5.88 Å². The fraction of sp³-hybridized carbons (Fsp3) is 0.600. The maximum atomic E-state index is 12.1. The normalized spacial score (nSPS) is 14.2. The summed E-state index contributed by atoms with van der Waals surface area (Å²) in [5.41, 5.74) is 0.0989. The zero-order valence-corrected chi connectivity index (χ0v) is 13.9. The van der Waals surface area contributed by atoms with E-state index < -0.39 is 11.9 Å². The molecule has 0 bridgehead atoms. The first kappa shape index (κ1) is 17.8. The molecule has 0 atom stereocenters. The fourth-order valence-corrected chi connectivity index (χ4v) is 2.38. The van der Waals surface area contributed by atoms with Crippen LogP contribution in [0.2, 0.25) is 0 Å². The highest BCUT2D eigenvalue weighted by Gasteiger charge is 2.19. The number of piperidine rings is 1. The number of hydrogen-bond donors (Lipinski definition) is 1. The maximum absolute atomic E-state index is 12.1. The highest BCUT2D eigenvalue weighted by Crippen LogP contribution is 2.13. The number of likely N-dealkylation sites (tertiary alicyclic amines) is 1. The van der Waals surface area contributed by atoms with Crippen molar-refractivity contribution in [2.24, 2.45) is 7.05 Å². The van der Waals surface area contributed by atoms with Gasteiger partial charge in [0.05, 0.1) is 7.11 Å². The Labute approximate surface area is 139 Å². The van der Waals surface area contributed by atoms with Crippen molar-refractivity contribution in [3.63, 3.8) is 0 Å². The van der Waals surface area contributed by atoms with Gasteiger partial charge < -0.3 is 19.7 Å². The van der Waals surface area contributed by atoms with Crippen molar-refractivity contribution in [1.29, 1.82) is 0 Å². The van der Waals surface area contributed by atoms with E-state index in [1.54, 1.807) is 11.9 Å². The van der Waals surface area contributed by atoms with E-state index in [1.807, 2.05) is 0 Å². The van der Waals surface area contributed by atoms with Gasteiger partial charge in [0.1, 0.15) is 6.54 Å². The number of rotatable bonds is 6. The van der Waals surface area contributed by atoms with Gasteiger partial charge in [0, 0.05) is 26.2 Å². The van der Waals surface area contributed by atoms with Gasteiger partial charge in [0.15, 0.2) is 12.3 Å². The highest BCUT2D eigenvalue weighted by atomic mass is 16.5. The summed E-state index contributed by atoms with van der Waals surface area (Å²) >= 11 is 0. The van der Waals surface area contributed by atoms with Gasteiger partial charge in [-0.15, -0.1) is 0 Å². The largest absolute Gasteiger partial charge is 0.468 e. The van der Waals surface area contributed by atoms with Crippen LogP contribution >= 0.6 is 0 Å². The number of nitrogens with zero attached hydrogens (tertiary/aromatic N) is 3. The Morgan fingerprint density at radius 2 is 1.96 bits per heavy atom. The third kappa shape index (κ3) is 4.71. The fourth-order valence-electron chi connectivity index (χ4n) is 2.38. The molecular formula is C15H22N4O5. The maximum Gasteiger partial charge on any atom is 0.325 e. The van der Waals surface area contributed by atoms with Gasteiger partial charge in [-0.25, -0.2) is 4.68 Å². The van der Waals surface area contributed by atoms with E-state index in [-0.39, 0.29) is 24.8 Å². The van der Waals surface area contributed by atoms with Crippen LogP contribution in [0.3, 0.4) is 0 Å². The molecule has 0 spiro atoms. The summed E-state index contributed by atoms with van der Waals surface area (Å²) < 4.78 is 11.3. The minimum atomic E-state index is -0.553. The Kier molecular flexibility index (Phi) is 6.16. The van der Waals surface area contributed by atoms with E-state index in [0.717, 1.165) is 32.4 Å². The summed E-state index contributed by atoms with van der Waals surface area (Å²) in [6.45, 7) is 1.18. The van der Waals surface area contributed by atoms with Crippen LogP contribution in [0.1, 0.15) is 29.8 Å². The summed E-state index contributed by atoms with van der Waals surface area (Å²) in [5.74, 6) is -0.840. The van der Waals surface area contributed by atoms with Gasteiger partial charge in [-0.2, -0.15) is 5.10 Å². The molecule has 2 heterocycles. The average Bonchev–Trinajstić information content (AvgIpc) is 2.98. The van der Waals surface area contributed by atoms with E-state index in [2.05, 4.69) is 15.2 Å². The van der Waals surface area contributed by atoms with Crippen molar-refractivity contribution >= 4 is 17.8 Å². The van der Waals surface area contributed by atoms with Crippen LogP contribution in [0.4, 0.5) is 0 Å². The van der Waals surface area contributed by atoms with Gasteiger partial charge in [-0.3, -0.25) is 14.4 Å². The number of nitrogens with one attached hydrogen (secondary N) is 1. The molecular weight excluding hydrogens is 316 g/mol. The molecule has 0 radical (unpaired) electrons. The number of esters is 1. The van der Waals surface area contributed by atoms with Crippen molar-refractivity contribution in [2.75, 3.05) is 33.4 Å². The average molecular weight is 338 g/mol. The quantitative estimate of drug-likeness (QED) is 0.715. The number of aromatic nitrogens is 2. The Morgan fingerprint density at radius 3 is 2.62 bits per heavy atom. The predicted molar refractivity (Wildman–Crippen MR) is 83.5 cm³/mol. The first-order chi connectivity index (χ1) is 11.5. The van der Waals surface area contributed by atoms with Crippen LogP contribution in [-0.2, 0) is 21.4 Å². The lowest BCUT2D eigenvalue weighted by atomic mass is 10.1. The molecule has 2 amide bonds. The molecule has 0 unspecified atom stereocenters. The number of ether oxygens (including phenoxy) is 2. The minimum Gasteiger partial charge on any atom is -0.468 e. The van der Waals surface area contributed by atoms with Crippen molar-refractivity contribution in [1.82, 2.24) is 20.0 Å². The van der Waals surface area contributed by atoms with Gasteiger partial charge in [0.25, 0.3) is 11.8 Å². The Hall–Kier alpha value is -2.58. The van der Waals surface area contributed by atoms with Crippen molar-refractivity contribution < 1.29 is 23.9 Å². The molecule has 1 aliphatic rings. The molecule has 1 N–H and O–H groups in total. The molecule has 0 aromatic carbocycles. The molecule has 132 valence electrons. The Balaban J connectivity index is 1.87. The number of aryl methyl sites for hydroxylation is 1. The number of carbonyl (C=O) groups is 3. The van der Waals surface area contributed by atoms with Crippen molar-refractivity contribution in [2.45, 2.75) is 19.3 Å². The smallest absolute Gasteiger partial charge is 0.325 e. The summed E-state index contributed by atoms with van der Waals surface area (Å²) in [6, 6.07) is 1.43. The summed E-state index contributed by atoms with van der Waals surface area (Å²) in [7, 11) is 2.85. The van der Waals surface area contributed by atoms with Crippen LogP contribution in [0, 0.1) is 0 Å². The lowest BCUT2D eigenvalue weighted by molar-refractivity contribution is -0.139. The first-order valence-corrected chi connectivity index (χ1v) is 7.81. The predicted octanol–water partition coefficient (Wildman–Crippen LogP) is -0.286. The third-order valence-corrected chi connectivity index (χ3v) is 3.74. The summed E-state index contributed by atoms with van der Waals surface area (Å²) in [4.78, 5) is 36.8. The molecule has 0 saturated carbocycles. The lowest BCUT2D eigenvalue weighted by Gasteiger charge is -2.26. The second-order valence-corrected chi connectivity index (χ2v) is 5.48. The van der Waals surface area contributed by atoms with Gasteiger partial charge in [-0.1, -0.05) is 0 Å².